The van der Waals surface area contributed by atoms with E-state index in [-0.39, 0.29) is 18.2 Å². The molecule has 118 valence electrons. The number of carbonyl (C=O) groups is 1. The van der Waals surface area contributed by atoms with E-state index in [1.54, 1.807) is 7.11 Å². The molecule has 0 saturated carbocycles. The van der Waals surface area contributed by atoms with Crippen LogP contribution in [-0.2, 0) is 6.54 Å². The van der Waals surface area contributed by atoms with Crippen LogP contribution in [-0.4, -0.2) is 31.4 Å². The van der Waals surface area contributed by atoms with E-state index in [0.717, 1.165) is 24.4 Å². The summed E-state index contributed by atoms with van der Waals surface area (Å²) in [5, 5.41) is 0. The molecular formula is C18H22ClNO2. The number of benzene rings is 2. The van der Waals surface area contributed by atoms with Gasteiger partial charge in [-0.2, -0.15) is 0 Å². The highest BCUT2D eigenvalue weighted by Gasteiger charge is 2.08. The van der Waals surface area contributed by atoms with Gasteiger partial charge < -0.3 is 9.64 Å². The van der Waals surface area contributed by atoms with Gasteiger partial charge in [-0.25, -0.2) is 0 Å². The molecule has 4 heteroatoms. The van der Waals surface area contributed by atoms with E-state index in [0.29, 0.717) is 6.42 Å². The molecule has 0 saturated heterocycles. The smallest absolute Gasteiger partial charge is 0.164 e. The van der Waals surface area contributed by atoms with Crippen molar-refractivity contribution in [2.75, 3.05) is 20.7 Å². The average Bonchev–Trinajstić information content (AvgIpc) is 2.53. The normalized spacial score (nSPS) is 10.1. The molecule has 0 aromatic heterocycles. The predicted molar refractivity (Wildman–Crippen MR) is 92.0 cm³/mol. The van der Waals surface area contributed by atoms with E-state index in [4.69, 9.17) is 4.74 Å². The van der Waals surface area contributed by atoms with Gasteiger partial charge in [0.1, 0.15) is 5.75 Å². The van der Waals surface area contributed by atoms with Crippen molar-refractivity contribution in [3.8, 4) is 5.75 Å². The molecule has 0 atom stereocenters. The van der Waals surface area contributed by atoms with E-state index < -0.39 is 0 Å². The Morgan fingerprint density at radius 1 is 1.05 bits per heavy atom. The van der Waals surface area contributed by atoms with Crippen LogP contribution in [0.5, 0.6) is 5.75 Å². The van der Waals surface area contributed by atoms with Crippen molar-refractivity contribution in [3.63, 3.8) is 0 Å². The Bertz CT molecular complexity index is 569. The van der Waals surface area contributed by atoms with Crippen LogP contribution in [0.3, 0.4) is 0 Å². The molecule has 0 aliphatic rings. The van der Waals surface area contributed by atoms with Crippen molar-refractivity contribution in [2.24, 2.45) is 0 Å². The van der Waals surface area contributed by atoms with Crippen LogP contribution in [0.2, 0.25) is 0 Å². The Balaban J connectivity index is 0.00000242. The largest absolute Gasteiger partial charge is 0.497 e. The first-order valence-electron chi connectivity index (χ1n) is 7.09. The maximum atomic E-state index is 12.1. The molecule has 2 aromatic carbocycles. The number of ketones is 1. The second-order valence-corrected chi connectivity index (χ2v) is 5.13. The van der Waals surface area contributed by atoms with Crippen LogP contribution in [0.1, 0.15) is 22.3 Å². The molecule has 0 aliphatic heterocycles. The zero-order chi connectivity index (χ0) is 15.1. The van der Waals surface area contributed by atoms with Crippen LogP contribution in [0, 0.1) is 0 Å². The van der Waals surface area contributed by atoms with Gasteiger partial charge in [0.2, 0.25) is 0 Å². The van der Waals surface area contributed by atoms with Gasteiger partial charge in [0.25, 0.3) is 0 Å². The highest BCUT2D eigenvalue weighted by Crippen LogP contribution is 2.13. The lowest BCUT2D eigenvalue weighted by Gasteiger charge is -2.16. The minimum Gasteiger partial charge on any atom is -0.497 e. The lowest BCUT2D eigenvalue weighted by atomic mass is 10.1. The van der Waals surface area contributed by atoms with Crippen molar-refractivity contribution in [1.82, 2.24) is 4.90 Å². The fraction of sp³-hybridized carbons (Fsp3) is 0.278. The van der Waals surface area contributed by atoms with E-state index in [1.165, 1.54) is 5.56 Å². The van der Waals surface area contributed by atoms with Crippen LogP contribution in [0.4, 0.5) is 0 Å². The third kappa shape index (κ3) is 5.51. The van der Waals surface area contributed by atoms with Crippen LogP contribution in [0.15, 0.2) is 54.6 Å². The molecule has 2 rings (SSSR count). The van der Waals surface area contributed by atoms with Crippen LogP contribution >= 0.6 is 12.4 Å². The molecule has 3 nitrogen and oxygen atoms in total. The summed E-state index contributed by atoms with van der Waals surface area (Å²) >= 11 is 0. The third-order valence-electron chi connectivity index (χ3n) is 3.43. The predicted octanol–water partition coefficient (Wildman–Crippen LogP) is 3.82. The Kier molecular flexibility index (Phi) is 7.64. The summed E-state index contributed by atoms with van der Waals surface area (Å²) in [6, 6.07) is 17.6. The monoisotopic (exact) mass is 319 g/mol. The summed E-state index contributed by atoms with van der Waals surface area (Å²) in [5.74, 6) is 0.935. The Morgan fingerprint density at radius 3 is 2.27 bits per heavy atom. The summed E-state index contributed by atoms with van der Waals surface area (Å²) in [5.41, 5.74) is 2.00. The minimum atomic E-state index is 0. The van der Waals surface area contributed by atoms with Gasteiger partial charge in [-0.05, 0) is 36.9 Å². The third-order valence-corrected chi connectivity index (χ3v) is 3.43. The van der Waals surface area contributed by atoms with Gasteiger partial charge in [0.15, 0.2) is 5.78 Å². The molecule has 0 fully saturated rings. The zero-order valence-electron chi connectivity index (χ0n) is 13.0. The molecule has 0 unspecified atom stereocenters. The van der Waals surface area contributed by atoms with Crippen LogP contribution in [0.25, 0.3) is 0 Å². The molecule has 0 amide bonds. The number of ether oxygens (including phenoxy) is 1. The summed E-state index contributed by atoms with van der Waals surface area (Å²) in [6.07, 6.45) is 0.523. The lowest BCUT2D eigenvalue weighted by molar-refractivity contribution is 0.0968. The Labute approximate surface area is 138 Å². The van der Waals surface area contributed by atoms with Gasteiger partial charge in [-0.1, -0.05) is 30.3 Å². The topological polar surface area (TPSA) is 29.5 Å². The first-order chi connectivity index (χ1) is 10.2. The number of rotatable bonds is 7. The number of methoxy groups -OCH3 is 1. The number of carbonyl (C=O) groups excluding carboxylic acids is 1. The zero-order valence-corrected chi connectivity index (χ0v) is 13.8. The SMILES string of the molecule is COc1ccc(C(=O)CCN(C)Cc2ccccc2)cc1.Cl. The summed E-state index contributed by atoms with van der Waals surface area (Å²) in [6.45, 7) is 1.61. The van der Waals surface area contributed by atoms with Gasteiger partial charge in [-0.3, -0.25) is 4.79 Å². The molecule has 0 heterocycles. The molecule has 0 spiro atoms. The van der Waals surface area contributed by atoms with Gasteiger partial charge in [0.05, 0.1) is 7.11 Å². The average molecular weight is 320 g/mol. The van der Waals surface area contributed by atoms with Crippen molar-refractivity contribution in [3.05, 3.63) is 65.7 Å². The number of Topliss-reactive ketones (excluding diaryl/α,β-unsaturated/α-hetero) is 1. The molecular weight excluding hydrogens is 298 g/mol. The minimum absolute atomic E-state index is 0. The maximum absolute atomic E-state index is 12.1. The van der Waals surface area contributed by atoms with Crippen LogP contribution < -0.4 is 4.74 Å². The highest BCUT2D eigenvalue weighted by atomic mass is 35.5. The van der Waals surface area contributed by atoms with E-state index >= 15 is 0 Å². The molecule has 2 aromatic rings. The summed E-state index contributed by atoms with van der Waals surface area (Å²) < 4.78 is 5.09. The second-order valence-electron chi connectivity index (χ2n) is 5.13. The Morgan fingerprint density at radius 2 is 1.68 bits per heavy atom. The van der Waals surface area contributed by atoms with E-state index in [1.807, 2.05) is 49.5 Å². The highest BCUT2D eigenvalue weighted by molar-refractivity contribution is 5.96. The molecule has 0 N–H and O–H groups in total. The number of halogens is 1. The second kappa shape index (κ2) is 9.23. The molecule has 0 bridgehead atoms. The number of hydrogen-bond donors (Lipinski definition) is 0. The number of hydrogen-bond acceptors (Lipinski definition) is 3. The first-order valence-corrected chi connectivity index (χ1v) is 7.09. The maximum Gasteiger partial charge on any atom is 0.164 e. The van der Waals surface area contributed by atoms with Crippen molar-refractivity contribution >= 4 is 18.2 Å². The summed E-state index contributed by atoms with van der Waals surface area (Å²) in [4.78, 5) is 14.3. The summed E-state index contributed by atoms with van der Waals surface area (Å²) in [7, 11) is 3.66. The molecule has 0 radical (unpaired) electrons. The van der Waals surface area contributed by atoms with Gasteiger partial charge >= 0.3 is 0 Å². The van der Waals surface area contributed by atoms with Gasteiger partial charge in [0, 0.05) is 25.1 Å². The van der Waals surface area contributed by atoms with Crippen molar-refractivity contribution in [2.45, 2.75) is 13.0 Å². The molecule has 0 aliphatic carbocycles. The molecule has 22 heavy (non-hydrogen) atoms. The number of nitrogens with zero attached hydrogens (tertiary/aromatic N) is 1. The van der Waals surface area contributed by atoms with E-state index in [2.05, 4.69) is 17.0 Å². The van der Waals surface area contributed by atoms with Crippen molar-refractivity contribution in [1.29, 1.82) is 0 Å². The lowest BCUT2D eigenvalue weighted by Crippen LogP contribution is -2.21. The quantitative estimate of drug-likeness (QED) is 0.727. The van der Waals surface area contributed by atoms with Crippen molar-refractivity contribution < 1.29 is 9.53 Å². The standard InChI is InChI=1S/C18H21NO2.ClH/c1-19(14-15-6-4-3-5-7-15)13-12-18(20)16-8-10-17(21-2)11-9-16;/h3-11H,12-14H2,1-2H3;1H. The first kappa shape index (κ1) is 18.2. The van der Waals surface area contributed by atoms with Gasteiger partial charge in [-0.15, -0.1) is 12.4 Å². The fourth-order valence-electron chi connectivity index (χ4n) is 2.19. The fourth-order valence-corrected chi connectivity index (χ4v) is 2.19. The van der Waals surface area contributed by atoms with E-state index in [9.17, 15) is 4.79 Å². The Hall–Kier alpha value is -1.84.